The van der Waals surface area contributed by atoms with Crippen LogP contribution in [-0.4, -0.2) is 254 Å². The molecule has 8 aliphatic heterocycles. The fourth-order valence-electron chi connectivity index (χ4n) is 18.2. The van der Waals surface area contributed by atoms with Gasteiger partial charge in [-0.25, -0.2) is 29.5 Å². The number of aliphatic hydroxyl groups excluding tert-OH is 1. The van der Waals surface area contributed by atoms with Crippen molar-refractivity contribution in [3.8, 4) is 0 Å². The van der Waals surface area contributed by atoms with Gasteiger partial charge in [0.2, 0.25) is 0 Å². The summed E-state index contributed by atoms with van der Waals surface area (Å²) in [5.74, 6) is 4.69. The van der Waals surface area contributed by atoms with Crippen molar-refractivity contribution < 1.29 is 48.1 Å². The molecular formula is C103H113Cl4N29O10. The van der Waals surface area contributed by atoms with Gasteiger partial charge in [0, 0.05) is 257 Å². The van der Waals surface area contributed by atoms with Gasteiger partial charge >= 0.3 is 18.1 Å². The molecule has 0 radical (unpaired) electrons. The van der Waals surface area contributed by atoms with Crippen LogP contribution in [0, 0.1) is 0 Å². The minimum Gasteiger partial charge on any atom is -0.468 e. The van der Waals surface area contributed by atoms with E-state index in [1.165, 1.54) is 14.2 Å². The van der Waals surface area contributed by atoms with Gasteiger partial charge < -0.3 is 98.0 Å². The standard InChI is InChI=1S/C26H29ClN8O2.C26H28ClN7O3.C26H30ClN7O2.C25H26ClN7O3/c1-16-11-17(25(36)29-16)12-18-15-28-35-23(31-20-7-9-34(10-8-20)26(37)33(2)3)14-22(32-24(18)35)30-21-6-4-5-19(27)13-21;1-16-10-17(26(36)29-16)11-18-14-28-34-23(31-20-6-8-33(9-7-20)15-24(35)37-2)13-22(32-25(18)34)30-21-5-3-4-19(27)12-21;1-16-10-18(26(36)29-16)11-19-14-28-34-24(31-21-6-8-33(9-7-21)15-17(2)35)13-23(32-25(19)34)30-22-5-3-4-20(27)12-22;1-15-10-16(24(34)28-15)11-17-14-27-33-22(30-19-6-8-32(9-7-19)25(35)36-2)13-21(31-23(17)33)29-20-5-3-4-18(26)12-20/h4-6,12-15,20,31H,1,7-11H2,2-3H3,(H,29,36)(H,30,32);3-5,11-14,20,31H,1,6-10,15H2,2H3,(H,29,36)(H,30,32);3-5,11-14,17,21,31,35H,1,6-10,15H2,2H3,(H,29,36)(H,30,32);3-5,11-14,19,30H,1,6-10H2,2H3,(H,28,34)(H,29,31)/b17-12+;17-11+;18-11+;16-11+. The number of esters is 1. The molecule has 758 valence electrons. The number of piperidine rings is 4. The maximum atomic E-state index is 12.3. The molecule has 1 unspecified atom stereocenters. The number of rotatable bonds is 24. The number of fused-ring (bicyclic) bond motifs is 4. The number of hydrogen-bond donors (Lipinski definition) is 13. The summed E-state index contributed by atoms with van der Waals surface area (Å²) in [6.45, 7) is 24.2. The number of aliphatic hydroxyl groups is 1. The second-order valence-electron chi connectivity index (χ2n) is 36.9. The van der Waals surface area contributed by atoms with Crippen LogP contribution < -0.4 is 63.8 Å². The summed E-state index contributed by atoms with van der Waals surface area (Å²) in [7, 11) is 6.34. The number of ether oxygens (including phenoxy) is 2. The van der Waals surface area contributed by atoms with Crippen molar-refractivity contribution in [2.75, 3.05) is 136 Å². The SMILES string of the molecule is C=C1C/C(=C\c2cnn3c(NC4CCN(C(=O)N(C)C)CC4)cc(Nc4cccc(Cl)c4)nc23)C(=O)N1.C=C1C/C(=C\c2cnn3c(NC4CCN(C(=O)OC)CC4)cc(Nc4cccc(Cl)c4)nc23)C(=O)N1.C=C1C/C(=C\c2cnn3c(NC4CCN(CC(=O)OC)CC4)cc(Nc4cccc(Cl)c4)nc23)C(=O)N1.C=C1C/C(=C\c2cnn3c(NC4CCN(CC(C)O)CC4)cc(Nc4cccc(Cl)c4)nc23)C(=O)N1. The van der Waals surface area contributed by atoms with Crippen molar-refractivity contribution in [2.45, 2.75) is 114 Å². The molecule has 0 saturated carbocycles. The normalized spacial score (nSPS) is 18.0. The lowest BCUT2D eigenvalue weighted by molar-refractivity contribution is -0.142. The Labute approximate surface area is 861 Å². The van der Waals surface area contributed by atoms with Crippen LogP contribution >= 0.6 is 46.4 Å². The van der Waals surface area contributed by atoms with Crippen LogP contribution in [0.25, 0.3) is 46.9 Å². The van der Waals surface area contributed by atoms with E-state index < -0.39 is 0 Å². The van der Waals surface area contributed by atoms with E-state index >= 15 is 0 Å². The van der Waals surface area contributed by atoms with Crippen molar-refractivity contribution in [1.29, 1.82) is 0 Å². The monoisotopic (exact) mass is 2060 g/mol. The van der Waals surface area contributed by atoms with E-state index in [9.17, 15) is 38.7 Å². The minimum atomic E-state index is -0.329. The number of carbonyl (C=O) groups is 7. The predicted molar refractivity (Wildman–Crippen MR) is 568 cm³/mol. The zero-order valence-corrected chi connectivity index (χ0v) is 84.2. The van der Waals surface area contributed by atoms with Crippen LogP contribution in [0.1, 0.15) is 106 Å². The lowest BCUT2D eigenvalue weighted by atomic mass is 10.0. The van der Waals surface area contributed by atoms with Crippen LogP contribution in [0.4, 0.5) is 78.9 Å². The third-order valence-electron chi connectivity index (χ3n) is 25.4. The van der Waals surface area contributed by atoms with Crippen LogP contribution in [0.3, 0.4) is 0 Å². The largest absolute Gasteiger partial charge is 0.468 e. The summed E-state index contributed by atoms with van der Waals surface area (Å²) in [6.07, 6.45) is 22.0. The highest BCUT2D eigenvalue weighted by Crippen LogP contribution is 2.36. The molecule has 7 amide bonds. The Morgan fingerprint density at radius 1 is 0.418 bits per heavy atom. The van der Waals surface area contributed by atoms with Gasteiger partial charge in [-0.1, -0.05) is 97.0 Å². The van der Waals surface area contributed by atoms with Crippen molar-refractivity contribution >= 4 is 204 Å². The fourth-order valence-corrected chi connectivity index (χ4v) is 19.0. The first kappa shape index (κ1) is 102. The summed E-state index contributed by atoms with van der Waals surface area (Å²) >= 11 is 24.7. The molecule has 39 nitrogen and oxygen atoms in total. The van der Waals surface area contributed by atoms with E-state index in [4.69, 9.17) is 75.8 Å². The van der Waals surface area contributed by atoms with Gasteiger partial charge in [-0.05, 0) is 155 Å². The number of hydrogen-bond acceptors (Lipinski definition) is 28. The molecule has 13 N–H and O–H groups in total. The molecule has 16 heterocycles. The Morgan fingerprint density at radius 2 is 0.692 bits per heavy atom. The molecular weight excluding hydrogens is 1950 g/mol. The highest BCUT2D eigenvalue weighted by Gasteiger charge is 2.33. The van der Waals surface area contributed by atoms with Gasteiger partial charge in [0.1, 0.15) is 46.5 Å². The van der Waals surface area contributed by atoms with Gasteiger partial charge in [0.25, 0.3) is 23.6 Å². The Bertz CT molecular complexity index is 7170. The summed E-state index contributed by atoms with van der Waals surface area (Å²) in [6, 6.07) is 38.1. The number of likely N-dealkylation sites (tertiary alicyclic amines) is 4. The number of amides is 7. The highest BCUT2D eigenvalue weighted by atomic mass is 35.5. The zero-order valence-electron chi connectivity index (χ0n) is 81.2. The van der Waals surface area contributed by atoms with E-state index in [2.05, 4.69) is 120 Å². The average Bonchev–Trinajstić information content (AvgIpc) is 1.64. The predicted octanol–water partition coefficient (Wildman–Crippen LogP) is 15.7. The number of aromatic nitrogens is 12. The molecule has 0 bridgehead atoms. The summed E-state index contributed by atoms with van der Waals surface area (Å²) in [5, 5.41) is 69.2. The first-order valence-corrected chi connectivity index (χ1v) is 49.4. The fraction of sp³-hybridized carbons (Fsp3) is 0.311. The van der Waals surface area contributed by atoms with Gasteiger partial charge in [-0.3, -0.25) is 28.9 Å². The number of nitrogens with zero attached hydrogens (tertiary/aromatic N) is 17. The molecule has 20 rings (SSSR count). The lowest BCUT2D eigenvalue weighted by Crippen LogP contribution is -2.46. The third-order valence-corrected chi connectivity index (χ3v) is 26.3. The second kappa shape index (κ2) is 46.1. The van der Waals surface area contributed by atoms with E-state index in [1.54, 1.807) is 91.0 Å². The first-order chi connectivity index (χ1) is 70.4. The number of halogens is 4. The minimum absolute atomic E-state index is 0.0288. The zero-order chi connectivity index (χ0) is 103. The van der Waals surface area contributed by atoms with E-state index in [1.807, 2.05) is 133 Å². The van der Waals surface area contributed by atoms with Gasteiger partial charge in [-0.2, -0.15) is 38.5 Å². The van der Waals surface area contributed by atoms with Crippen molar-refractivity contribution in [3.63, 3.8) is 0 Å². The van der Waals surface area contributed by atoms with Crippen molar-refractivity contribution in [2.24, 2.45) is 0 Å². The molecule has 0 aliphatic carbocycles. The Kier molecular flexibility index (Phi) is 32.2. The number of methoxy groups -OCH3 is 2. The second-order valence-corrected chi connectivity index (χ2v) is 38.6. The number of allylic oxidation sites excluding steroid dienone is 4. The number of urea groups is 1. The summed E-state index contributed by atoms with van der Waals surface area (Å²) in [5.41, 5.74) is 13.7. The topological polar surface area (TPSA) is 439 Å². The summed E-state index contributed by atoms with van der Waals surface area (Å²) in [4.78, 5) is 114. The van der Waals surface area contributed by atoms with E-state index in [0.717, 1.165) is 140 Å². The number of benzene rings is 4. The maximum absolute atomic E-state index is 12.3. The van der Waals surface area contributed by atoms with E-state index in [-0.39, 0.29) is 72.0 Å². The molecule has 1 atom stereocenters. The molecule has 43 heteroatoms. The quantitative estimate of drug-likeness (QED) is 0.0197. The molecule has 8 aliphatic rings. The Balaban J connectivity index is 0.000000133. The first-order valence-electron chi connectivity index (χ1n) is 47.9. The van der Waals surface area contributed by atoms with Crippen LogP contribution in [0.2, 0.25) is 20.1 Å². The molecule has 146 heavy (non-hydrogen) atoms. The third kappa shape index (κ3) is 25.9. The maximum Gasteiger partial charge on any atom is 0.409 e. The number of β-amino-alcohol motifs (C(OH)–C–C–N with tert-alkyl or cyclic N) is 1. The molecule has 8 fully saturated rings. The van der Waals surface area contributed by atoms with Crippen LogP contribution in [-0.2, 0) is 33.4 Å². The Hall–Kier alpha value is -15.4. The van der Waals surface area contributed by atoms with Gasteiger partial charge in [0.15, 0.2) is 22.6 Å². The van der Waals surface area contributed by atoms with Crippen LogP contribution in [0.15, 0.2) is 218 Å². The van der Waals surface area contributed by atoms with Crippen molar-refractivity contribution in [1.82, 2.24) is 104 Å². The number of carbonyl (C=O) groups excluding carboxylic acids is 7. The highest BCUT2D eigenvalue weighted by molar-refractivity contribution is 6.32. The molecule has 8 saturated heterocycles. The smallest absolute Gasteiger partial charge is 0.409 e. The Morgan fingerprint density at radius 3 is 0.938 bits per heavy atom. The van der Waals surface area contributed by atoms with Crippen LogP contribution in [0.5, 0.6) is 0 Å². The van der Waals surface area contributed by atoms with E-state index in [0.29, 0.717) is 182 Å². The molecule has 8 aromatic heterocycles. The molecule has 4 aromatic carbocycles. The molecule has 12 aromatic rings. The van der Waals surface area contributed by atoms with Crippen molar-refractivity contribution in [3.05, 3.63) is 260 Å². The average molecular weight is 2060 g/mol. The van der Waals surface area contributed by atoms with Gasteiger partial charge in [-0.15, -0.1) is 0 Å². The number of anilines is 12. The lowest BCUT2D eigenvalue weighted by Gasteiger charge is -2.34. The molecule has 0 spiro atoms. The van der Waals surface area contributed by atoms with Gasteiger partial charge in [0.05, 0.1) is 51.7 Å². The summed E-state index contributed by atoms with van der Waals surface area (Å²) < 4.78 is 16.6. The number of nitrogens with one attached hydrogen (secondary N) is 12.